The van der Waals surface area contributed by atoms with Crippen molar-refractivity contribution < 1.29 is 22.6 Å². The van der Waals surface area contributed by atoms with Crippen LogP contribution in [-0.2, 0) is 17.2 Å². The lowest BCUT2D eigenvalue weighted by Crippen LogP contribution is -2.16. The van der Waals surface area contributed by atoms with Crippen molar-refractivity contribution in [1.29, 1.82) is 0 Å². The molecule has 1 aromatic heterocycles. The Morgan fingerprint density at radius 3 is 2.28 bits per heavy atom. The maximum absolute atomic E-state index is 13.4. The van der Waals surface area contributed by atoms with Crippen molar-refractivity contribution in [3.05, 3.63) is 65.9 Å². The molecule has 0 bridgehead atoms. The van der Waals surface area contributed by atoms with E-state index < -0.39 is 18.9 Å². The number of hydrogen-bond acceptors (Lipinski definition) is 7. The molecule has 7 nitrogen and oxygen atoms in total. The highest BCUT2D eigenvalue weighted by molar-refractivity contribution is 7.70. The number of rotatable bonds is 8. The summed E-state index contributed by atoms with van der Waals surface area (Å²) in [5, 5.41) is 6.32. The molecule has 0 saturated carbocycles. The Kier molecular flexibility index (Phi) is 7.06. The molecule has 11 heteroatoms. The third kappa shape index (κ3) is 6.21. The fourth-order valence-corrected chi connectivity index (χ4v) is 3.74. The number of aromatic nitrogens is 2. The van der Waals surface area contributed by atoms with E-state index in [-0.39, 0.29) is 18.3 Å². The van der Waals surface area contributed by atoms with Crippen molar-refractivity contribution in [2.75, 3.05) is 30.5 Å². The topological polar surface area (TPSA) is 102 Å². The van der Waals surface area contributed by atoms with Crippen LogP contribution in [0, 0.1) is 0 Å². The molecule has 0 aliphatic rings. The Hall–Kier alpha value is -3.10. The van der Waals surface area contributed by atoms with Gasteiger partial charge in [0.1, 0.15) is 24.3 Å². The zero-order valence-electron chi connectivity index (χ0n) is 17.5. The molecular formula is C21H23F3N5O2P. The van der Waals surface area contributed by atoms with Gasteiger partial charge in [-0.2, -0.15) is 24.1 Å². The predicted molar refractivity (Wildman–Crippen MR) is 119 cm³/mol. The second-order valence-corrected chi connectivity index (χ2v) is 10.6. The Morgan fingerprint density at radius 2 is 1.72 bits per heavy atom. The summed E-state index contributed by atoms with van der Waals surface area (Å²) in [4.78, 5) is 12.4. The molecule has 0 fully saturated rings. The number of halogens is 3. The molecule has 32 heavy (non-hydrogen) atoms. The first kappa shape index (κ1) is 23.6. The lowest BCUT2D eigenvalue weighted by molar-refractivity contribution is -0.137. The van der Waals surface area contributed by atoms with Gasteiger partial charge in [-0.15, -0.1) is 0 Å². The van der Waals surface area contributed by atoms with E-state index in [1.165, 1.54) is 0 Å². The fraction of sp³-hybridized carbons (Fsp3) is 0.238. The first-order valence-corrected chi connectivity index (χ1v) is 12.2. The molecule has 0 saturated heterocycles. The second-order valence-electron chi connectivity index (χ2n) is 7.41. The Bertz CT molecular complexity index is 1100. The largest absolute Gasteiger partial charge is 0.421 e. The van der Waals surface area contributed by atoms with Gasteiger partial charge in [0.15, 0.2) is 0 Å². The zero-order chi connectivity index (χ0) is 23.4. The van der Waals surface area contributed by atoms with Crippen LogP contribution in [0.1, 0.15) is 11.1 Å². The van der Waals surface area contributed by atoms with Crippen LogP contribution >= 0.6 is 7.14 Å². The standard InChI is InChI=1S/C21H23F3N5O2P/c1-32(2,30)17-9-5-15(6-10-17)28-20-27-13-18(21(22,23)24)19(29-20)26-12-11-14-3-7-16(31-25)8-4-14/h3-10,13H,11-12,25H2,1-2H3,(H2,26,27,28,29). The number of nitrogens with two attached hydrogens (primary N) is 1. The number of benzene rings is 2. The summed E-state index contributed by atoms with van der Waals surface area (Å²) in [6.45, 7) is 3.54. The molecule has 0 unspecified atom stereocenters. The normalized spacial score (nSPS) is 11.8. The average molecular weight is 465 g/mol. The van der Waals surface area contributed by atoms with Gasteiger partial charge in [-0.25, -0.2) is 4.98 Å². The van der Waals surface area contributed by atoms with E-state index in [0.29, 0.717) is 23.2 Å². The van der Waals surface area contributed by atoms with Crippen LogP contribution in [0.25, 0.3) is 0 Å². The molecule has 0 spiro atoms. The van der Waals surface area contributed by atoms with Crippen molar-refractivity contribution in [3.63, 3.8) is 0 Å². The lowest BCUT2D eigenvalue weighted by atomic mass is 10.1. The van der Waals surface area contributed by atoms with E-state index in [4.69, 9.17) is 5.90 Å². The van der Waals surface area contributed by atoms with Crippen LogP contribution in [0.4, 0.5) is 30.6 Å². The molecule has 2 aromatic carbocycles. The van der Waals surface area contributed by atoms with Crippen LogP contribution in [0.3, 0.4) is 0 Å². The van der Waals surface area contributed by atoms with Crippen molar-refractivity contribution in [1.82, 2.24) is 9.97 Å². The minimum Gasteiger partial charge on any atom is -0.412 e. The predicted octanol–water partition coefficient (Wildman–Crippen LogP) is 4.39. The third-order valence-corrected chi connectivity index (χ3v) is 6.15. The lowest BCUT2D eigenvalue weighted by Gasteiger charge is -2.15. The number of nitrogens with zero attached hydrogens (tertiary/aromatic N) is 2. The summed E-state index contributed by atoms with van der Waals surface area (Å²) in [5.74, 6) is 5.25. The second kappa shape index (κ2) is 9.58. The molecule has 3 aromatic rings. The number of alkyl halides is 3. The molecule has 1 heterocycles. The van der Waals surface area contributed by atoms with Gasteiger partial charge in [-0.3, -0.25) is 0 Å². The zero-order valence-corrected chi connectivity index (χ0v) is 18.4. The monoisotopic (exact) mass is 465 g/mol. The summed E-state index contributed by atoms with van der Waals surface area (Å²) in [6, 6.07) is 13.7. The van der Waals surface area contributed by atoms with Gasteiger partial charge in [0.25, 0.3) is 0 Å². The van der Waals surface area contributed by atoms with Gasteiger partial charge < -0.3 is 20.0 Å². The Labute approximate surface area is 183 Å². The Balaban J connectivity index is 1.74. The van der Waals surface area contributed by atoms with Gasteiger partial charge in [0.05, 0.1) is 0 Å². The molecular weight excluding hydrogens is 442 g/mol. The van der Waals surface area contributed by atoms with Gasteiger partial charge in [0, 0.05) is 23.7 Å². The maximum Gasteiger partial charge on any atom is 0.421 e. The molecule has 4 N–H and O–H groups in total. The van der Waals surface area contributed by atoms with Crippen LogP contribution < -0.4 is 26.7 Å². The molecule has 0 radical (unpaired) electrons. The molecule has 0 aliphatic carbocycles. The molecule has 170 valence electrons. The minimum absolute atomic E-state index is 0.00822. The van der Waals surface area contributed by atoms with E-state index >= 15 is 0 Å². The van der Waals surface area contributed by atoms with Crippen molar-refractivity contribution in [3.8, 4) is 5.75 Å². The quantitative estimate of drug-likeness (QED) is 0.335. The first-order valence-electron chi connectivity index (χ1n) is 9.62. The summed E-state index contributed by atoms with van der Waals surface area (Å²) < 4.78 is 52.3. The van der Waals surface area contributed by atoms with E-state index in [9.17, 15) is 17.7 Å². The van der Waals surface area contributed by atoms with Gasteiger partial charge >= 0.3 is 6.18 Å². The van der Waals surface area contributed by atoms with E-state index in [1.807, 2.05) is 0 Å². The average Bonchev–Trinajstić information content (AvgIpc) is 2.73. The summed E-state index contributed by atoms with van der Waals surface area (Å²) in [7, 11) is -2.40. The van der Waals surface area contributed by atoms with Crippen LogP contribution in [0.5, 0.6) is 5.75 Å². The van der Waals surface area contributed by atoms with E-state index in [1.54, 1.807) is 61.9 Å². The molecule has 0 aliphatic heterocycles. The van der Waals surface area contributed by atoms with E-state index in [2.05, 4.69) is 25.4 Å². The maximum atomic E-state index is 13.4. The van der Waals surface area contributed by atoms with Crippen LogP contribution in [-0.4, -0.2) is 29.8 Å². The van der Waals surface area contributed by atoms with Gasteiger partial charge in [0.2, 0.25) is 5.95 Å². The summed E-state index contributed by atoms with van der Waals surface area (Å²) in [6.07, 6.45) is -3.40. The SMILES string of the molecule is CP(C)(=O)c1ccc(Nc2ncc(C(F)(F)F)c(NCCc3ccc(ON)cc3)n2)cc1. The van der Waals surface area contributed by atoms with Crippen LogP contribution in [0.15, 0.2) is 54.7 Å². The molecule has 3 rings (SSSR count). The van der Waals surface area contributed by atoms with Gasteiger partial charge in [-0.05, 0) is 61.7 Å². The van der Waals surface area contributed by atoms with Gasteiger partial charge in [-0.1, -0.05) is 12.1 Å². The third-order valence-electron chi connectivity index (χ3n) is 4.60. The molecule has 0 atom stereocenters. The van der Waals surface area contributed by atoms with Crippen LogP contribution in [0.2, 0.25) is 0 Å². The minimum atomic E-state index is -4.61. The number of anilines is 3. The summed E-state index contributed by atoms with van der Waals surface area (Å²) in [5.41, 5.74) is 0.502. The molecule has 0 amide bonds. The first-order chi connectivity index (χ1) is 15.1. The van der Waals surface area contributed by atoms with Crippen molar-refractivity contribution in [2.45, 2.75) is 12.6 Å². The van der Waals surface area contributed by atoms with Crippen molar-refractivity contribution >= 4 is 29.9 Å². The Morgan fingerprint density at radius 1 is 1.06 bits per heavy atom. The fourth-order valence-electron chi connectivity index (χ4n) is 2.88. The highest BCUT2D eigenvalue weighted by atomic mass is 31.2. The number of nitrogens with one attached hydrogen (secondary N) is 2. The number of hydrogen-bond donors (Lipinski definition) is 3. The highest BCUT2D eigenvalue weighted by Crippen LogP contribution is 2.35. The highest BCUT2D eigenvalue weighted by Gasteiger charge is 2.35. The van der Waals surface area contributed by atoms with E-state index in [0.717, 1.165) is 11.8 Å². The summed E-state index contributed by atoms with van der Waals surface area (Å²) >= 11 is 0. The van der Waals surface area contributed by atoms with Crippen molar-refractivity contribution in [2.24, 2.45) is 5.90 Å². The smallest absolute Gasteiger partial charge is 0.412 e.